The third-order valence-electron chi connectivity index (χ3n) is 2.74. The van der Waals surface area contributed by atoms with Gasteiger partial charge in [0.2, 0.25) is 0 Å². The Kier molecular flexibility index (Phi) is 3.45. The highest BCUT2D eigenvalue weighted by Crippen LogP contribution is 2.38. The Balaban J connectivity index is 1.86. The maximum absolute atomic E-state index is 12.2. The first-order valence-electron chi connectivity index (χ1n) is 5.66. The van der Waals surface area contributed by atoms with Crippen molar-refractivity contribution in [3.63, 3.8) is 0 Å². The molecule has 3 rings (SSSR count). The molecule has 1 amide bonds. The molecule has 0 radical (unpaired) electrons. The van der Waals surface area contributed by atoms with Crippen LogP contribution in [0.4, 0.5) is 5.69 Å². The van der Waals surface area contributed by atoms with Gasteiger partial charge in [0.25, 0.3) is 5.91 Å². The lowest BCUT2D eigenvalue weighted by Gasteiger charge is -2.03. The fourth-order valence-electron chi connectivity index (χ4n) is 1.76. The van der Waals surface area contributed by atoms with Gasteiger partial charge in [-0.2, -0.15) is 5.26 Å². The van der Waals surface area contributed by atoms with Crippen LogP contribution in [0, 0.1) is 11.3 Å². The maximum atomic E-state index is 12.2. The first-order chi connectivity index (χ1) is 9.69. The van der Waals surface area contributed by atoms with E-state index in [4.69, 9.17) is 16.9 Å². The van der Waals surface area contributed by atoms with E-state index in [1.165, 1.54) is 11.3 Å². The second-order valence-electron chi connectivity index (χ2n) is 4.01. The van der Waals surface area contributed by atoms with E-state index in [-0.39, 0.29) is 5.91 Å². The minimum absolute atomic E-state index is 0.229. The van der Waals surface area contributed by atoms with Gasteiger partial charge in [-0.1, -0.05) is 11.6 Å². The summed E-state index contributed by atoms with van der Waals surface area (Å²) in [5.41, 5.74) is 1.19. The highest BCUT2D eigenvalue weighted by molar-refractivity contribution is 7.38. The van der Waals surface area contributed by atoms with E-state index in [0.717, 1.165) is 9.40 Å². The number of benzene rings is 1. The summed E-state index contributed by atoms with van der Waals surface area (Å²) in [6, 6.07) is 10.6. The third-order valence-corrected chi connectivity index (χ3v) is 5.49. The van der Waals surface area contributed by atoms with Crippen LogP contribution in [0.1, 0.15) is 15.2 Å². The van der Waals surface area contributed by atoms with Crippen molar-refractivity contribution >= 4 is 55.3 Å². The molecule has 0 fully saturated rings. The predicted octanol–water partition coefficient (Wildman–Crippen LogP) is 4.74. The largest absolute Gasteiger partial charge is 0.321 e. The van der Waals surface area contributed by atoms with Crippen LogP contribution in [0.3, 0.4) is 0 Å². The van der Waals surface area contributed by atoms with E-state index >= 15 is 0 Å². The number of rotatable bonds is 2. The molecule has 6 heteroatoms. The van der Waals surface area contributed by atoms with Gasteiger partial charge < -0.3 is 5.32 Å². The molecule has 2 heterocycles. The molecule has 0 aliphatic rings. The minimum Gasteiger partial charge on any atom is -0.321 e. The molecule has 98 valence electrons. The summed E-state index contributed by atoms with van der Waals surface area (Å²) >= 11 is 9.18. The van der Waals surface area contributed by atoms with Crippen LogP contribution in [-0.4, -0.2) is 5.91 Å². The number of amides is 1. The molecule has 2 aromatic heterocycles. The highest BCUT2D eigenvalue weighted by atomic mass is 35.5. The Morgan fingerprint density at radius 2 is 2.00 bits per heavy atom. The minimum atomic E-state index is -0.229. The van der Waals surface area contributed by atoms with Crippen LogP contribution in [0.25, 0.3) is 9.40 Å². The number of hydrogen-bond donors (Lipinski definition) is 1. The van der Waals surface area contributed by atoms with Crippen molar-refractivity contribution in [2.75, 3.05) is 5.32 Å². The Hall–Kier alpha value is -1.87. The van der Waals surface area contributed by atoms with E-state index in [0.29, 0.717) is 21.2 Å². The summed E-state index contributed by atoms with van der Waals surface area (Å²) < 4.78 is 1.04. The van der Waals surface area contributed by atoms with Crippen LogP contribution in [0.15, 0.2) is 35.7 Å². The summed E-state index contributed by atoms with van der Waals surface area (Å²) in [5, 5.41) is 14.9. The van der Waals surface area contributed by atoms with Gasteiger partial charge in [0.1, 0.15) is 4.88 Å². The predicted molar refractivity (Wildman–Crippen MR) is 83.8 cm³/mol. The zero-order valence-electron chi connectivity index (χ0n) is 10.0. The van der Waals surface area contributed by atoms with Crippen LogP contribution in [0.2, 0.25) is 5.02 Å². The van der Waals surface area contributed by atoms with E-state index < -0.39 is 0 Å². The van der Waals surface area contributed by atoms with Crippen LogP contribution < -0.4 is 5.32 Å². The van der Waals surface area contributed by atoms with Crippen molar-refractivity contribution in [2.45, 2.75) is 0 Å². The van der Waals surface area contributed by atoms with Crippen molar-refractivity contribution in [1.82, 2.24) is 0 Å². The molecular formula is C14H7ClN2OS2. The quantitative estimate of drug-likeness (QED) is 0.742. The number of halogens is 1. The van der Waals surface area contributed by atoms with Gasteiger partial charge in [-0.15, -0.1) is 22.7 Å². The second kappa shape index (κ2) is 5.25. The molecule has 0 spiro atoms. The van der Waals surface area contributed by atoms with Gasteiger partial charge in [0.05, 0.1) is 20.7 Å². The molecule has 1 aromatic carbocycles. The highest BCUT2D eigenvalue weighted by Gasteiger charge is 2.17. The molecule has 0 unspecified atom stereocenters. The van der Waals surface area contributed by atoms with E-state index in [2.05, 4.69) is 5.32 Å². The van der Waals surface area contributed by atoms with Gasteiger partial charge in [0.15, 0.2) is 0 Å². The fourth-order valence-corrected chi connectivity index (χ4v) is 4.27. The number of thiophene rings is 2. The SMILES string of the molecule is N#Cc1ccc(NC(=O)c2sc3sccc3c2Cl)cc1. The maximum Gasteiger partial charge on any atom is 0.267 e. The third kappa shape index (κ3) is 2.29. The number of carbonyl (C=O) groups excluding carboxylic acids is 1. The number of carbonyl (C=O) groups is 1. The summed E-state index contributed by atoms with van der Waals surface area (Å²) in [6.07, 6.45) is 0. The number of nitrogens with one attached hydrogen (secondary N) is 1. The average molecular weight is 319 g/mol. The van der Waals surface area contributed by atoms with Gasteiger partial charge in [0, 0.05) is 11.1 Å². The molecular weight excluding hydrogens is 312 g/mol. The molecule has 0 bridgehead atoms. The number of nitriles is 1. The second-order valence-corrected chi connectivity index (χ2v) is 6.58. The zero-order valence-corrected chi connectivity index (χ0v) is 12.4. The molecule has 0 saturated heterocycles. The van der Waals surface area contributed by atoms with Gasteiger partial charge in [-0.3, -0.25) is 4.79 Å². The Labute approximate surface area is 128 Å². The Morgan fingerprint density at radius 3 is 2.65 bits per heavy atom. The van der Waals surface area contributed by atoms with Gasteiger partial charge in [-0.25, -0.2) is 0 Å². The van der Waals surface area contributed by atoms with Gasteiger partial charge in [-0.05, 0) is 35.7 Å². The van der Waals surface area contributed by atoms with E-state index in [9.17, 15) is 4.79 Å². The first-order valence-corrected chi connectivity index (χ1v) is 7.73. The number of anilines is 1. The number of nitrogens with zero attached hydrogens (tertiary/aromatic N) is 1. The monoisotopic (exact) mass is 318 g/mol. The summed E-state index contributed by atoms with van der Waals surface area (Å²) in [4.78, 5) is 12.7. The fraction of sp³-hybridized carbons (Fsp3) is 0. The molecule has 3 aromatic rings. The average Bonchev–Trinajstić information content (AvgIpc) is 3.03. The standard InChI is InChI=1S/C14H7ClN2OS2/c15-11-10-5-6-19-14(10)20-12(11)13(18)17-9-3-1-8(7-16)2-4-9/h1-6H,(H,17,18). The van der Waals surface area contributed by atoms with Crippen molar-refractivity contribution < 1.29 is 4.79 Å². The van der Waals surface area contributed by atoms with Crippen LogP contribution in [0.5, 0.6) is 0 Å². The van der Waals surface area contributed by atoms with Crippen molar-refractivity contribution in [1.29, 1.82) is 5.26 Å². The normalized spacial score (nSPS) is 10.4. The summed E-state index contributed by atoms with van der Waals surface area (Å²) in [7, 11) is 0. The molecule has 0 aliphatic heterocycles. The number of hydrogen-bond acceptors (Lipinski definition) is 4. The topological polar surface area (TPSA) is 52.9 Å². The van der Waals surface area contributed by atoms with Crippen LogP contribution in [-0.2, 0) is 0 Å². The Morgan fingerprint density at radius 1 is 1.25 bits per heavy atom. The van der Waals surface area contributed by atoms with Crippen molar-refractivity contribution in [3.05, 3.63) is 51.2 Å². The van der Waals surface area contributed by atoms with E-state index in [1.807, 2.05) is 17.5 Å². The first kappa shape index (κ1) is 13.1. The molecule has 0 atom stereocenters. The molecule has 20 heavy (non-hydrogen) atoms. The molecule has 0 aliphatic carbocycles. The van der Waals surface area contributed by atoms with E-state index in [1.54, 1.807) is 35.6 Å². The lowest BCUT2D eigenvalue weighted by Crippen LogP contribution is -2.10. The molecule has 0 saturated carbocycles. The lowest BCUT2D eigenvalue weighted by atomic mass is 10.2. The Bertz CT molecular complexity index is 827. The number of fused-ring (bicyclic) bond motifs is 1. The lowest BCUT2D eigenvalue weighted by molar-refractivity contribution is 0.103. The zero-order chi connectivity index (χ0) is 14.1. The summed E-state index contributed by atoms with van der Waals surface area (Å²) in [5.74, 6) is -0.229. The van der Waals surface area contributed by atoms with Gasteiger partial charge >= 0.3 is 0 Å². The smallest absolute Gasteiger partial charge is 0.267 e. The van der Waals surface area contributed by atoms with Crippen LogP contribution >= 0.6 is 34.3 Å². The molecule has 3 nitrogen and oxygen atoms in total. The van der Waals surface area contributed by atoms with Crippen molar-refractivity contribution in [2.24, 2.45) is 0 Å². The summed E-state index contributed by atoms with van der Waals surface area (Å²) in [6.45, 7) is 0. The molecule has 1 N–H and O–H groups in total. The van der Waals surface area contributed by atoms with Crippen molar-refractivity contribution in [3.8, 4) is 6.07 Å².